The lowest BCUT2D eigenvalue weighted by molar-refractivity contribution is 0.0947. The molecule has 6 heteroatoms. The molecule has 0 spiro atoms. The van der Waals surface area contributed by atoms with Crippen molar-refractivity contribution in [3.05, 3.63) is 64.4 Å². The Labute approximate surface area is 120 Å². The third-order valence-corrected chi connectivity index (χ3v) is 2.90. The van der Waals surface area contributed by atoms with E-state index in [0.717, 1.165) is 5.56 Å². The van der Waals surface area contributed by atoms with Gasteiger partial charge in [-0.15, -0.1) is 0 Å². The number of benzene rings is 1. The summed E-state index contributed by atoms with van der Waals surface area (Å²) in [5.41, 5.74) is 6.50. The van der Waals surface area contributed by atoms with Crippen molar-refractivity contribution in [3.63, 3.8) is 0 Å². The second-order valence-corrected chi connectivity index (χ2v) is 4.54. The van der Waals surface area contributed by atoms with Crippen LogP contribution >= 0.6 is 11.6 Å². The number of halogens is 1. The molecule has 1 aromatic heterocycles. The van der Waals surface area contributed by atoms with Crippen LogP contribution in [0.15, 0.2) is 42.6 Å². The SMILES string of the molecule is NC(=O)c1ccc(C(=O)NCc2ccc(Cl)cc2)cn1. The summed E-state index contributed by atoms with van der Waals surface area (Å²) in [6, 6.07) is 10.1. The number of nitrogens with zero attached hydrogens (tertiary/aromatic N) is 1. The summed E-state index contributed by atoms with van der Waals surface area (Å²) in [5, 5.41) is 3.39. The lowest BCUT2D eigenvalue weighted by Gasteiger charge is -2.05. The molecule has 5 nitrogen and oxygen atoms in total. The van der Waals surface area contributed by atoms with Gasteiger partial charge in [0.1, 0.15) is 5.69 Å². The van der Waals surface area contributed by atoms with Crippen molar-refractivity contribution < 1.29 is 9.59 Å². The number of aromatic nitrogens is 1. The van der Waals surface area contributed by atoms with E-state index in [1.54, 1.807) is 12.1 Å². The average Bonchev–Trinajstić information content (AvgIpc) is 2.46. The van der Waals surface area contributed by atoms with E-state index in [0.29, 0.717) is 17.1 Å². The van der Waals surface area contributed by atoms with Crippen LogP contribution in [0.3, 0.4) is 0 Å². The Hall–Kier alpha value is -2.40. The Morgan fingerprint density at radius 1 is 1.15 bits per heavy atom. The summed E-state index contributed by atoms with van der Waals surface area (Å²) in [5.74, 6) is -0.901. The highest BCUT2D eigenvalue weighted by atomic mass is 35.5. The van der Waals surface area contributed by atoms with E-state index in [4.69, 9.17) is 17.3 Å². The Bertz CT molecular complexity index is 624. The number of carbonyl (C=O) groups is 2. The highest BCUT2D eigenvalue weighted by molar-refractivity contribution is 6.30. The average molecular weight is 290 g/mol. The van der Waals surface area contributed by atoms with E-state index in [1.165, 1.54) is 18.3 Å². The molecule has 20 heavy (non-hydrogen) atoms. The molecule has 2 amide bonds. The molecule has 0 aliphatic rings. The van der Waals surface area contributed by atoms with Crippen molar-refractivity contribution in [2.24, 2.45) is 5.73 Å². The first-order valence-electron chi connectivity index (χ1n) is 5.85. The van der Waals surface area contributed by atoms with Crippen LogP contribution < -0.4 is 11.1 Å². The second-order valence-electron chi connectivity index (χ2n) is 4.11. The molecule has 0 aliphatic carbocycles. The minimum absolute atomic E-state index is 0.124. The predicted molar refractivity (Wildman–Crippen MR) is 75.4 cm³/mol. The Balaban J connectivity index is 1.97. The van der Waals surface area contributed by atoms with E-state index in [2.05, 4.69) is 10.3 Å². The van der Waals surface area contributed by atoms with Gasteiger partial charge in [-0.3, -0.25) is 14.6 Å². The summed E-state index contributed by atoms with van der Waals surface area (Å²) in [7, 11) is 0. The predicted octanol–water partition coefficient (Wildman–Crippen LogP) is 1.76. The lowest BCUT2D eigenvalue weighted by atomic mass is 10.2. The number of amides is 2. The molecule has 1 heterocycles. The molecule has 0 bridgehead atoms. The van der Waals surface area contributed by atoms with Gasteiger partial charge in [0.15, 0.2) is 0 Å². The van der Waals surface area contributed by atoms with Gasteiger partial charge in [0, 0.05) is 17.8 Å². The first-order valence-corrected chi connectivity index (χ1v) is 6.22. The summed E-state index contributed by atoms with van der Waals surface area (Å²) in [6.45, 7) is 0.383. The maximum Gasteiger partial charge on any atom is 0.267 e. The van der Waals surface area contributed by atoms with Gasteiger partial charge in [-0.05, 0) is 29.8 Å². The first kappa shape index (κ1) is 14.0. The molecule has 0 aliphatic heterocycles. The van der Waals surface area contributed by atoms with Crippen LogP contribution in [0.4, 0.5) is 0 Å². The fourth-order valence-corrected chi connectivity index (χ4v) is 1.69. The highest BCUT2D eigenvalue weighted by Crippen LogP contribution is 2.09. The molecular formula is C14H12ClN3O2. The van der Waals surface area contributed by atoms with E-state index in [-0.39, 0.29) is 11.6 Å². The van der Waals surface area contributed by atoms with Gasteiger partial charge < -0.3 is 11.1 Å². The smallest absolute Gasteiger partial charge is 0.267 e. The molecule has 0 saturated heterocycles. The molecule has 0 radical (unpaired) electrons. The van der Waals surface area contributed by atoms with Crippen molar-refractivity contribution in [1.82, 2.24) is 10.3 Å². The number of rotatable bonds is 4. The highest BCUT2D eigenvalue weighted by Gasteiger charge is 2.07. The van der Waals surface area contributed by atoms with E-state index >= 15 is 0 Å². The quantitative estimate of drug-likeness (QED) is 0.899. The topological polar surface area (TPSA) is 85.1 Å². The number of primary amides is 1. The van der Waals surface area contributed by atoms with Crippen LogP contribution in [0.5, 0.6) is 0 Å². The Kier molecular flexibility index (Phi) is 4.32. The lowest BCUT2D eigenvalue weighted by Crippen LogP contribution is -2.23. The summed E-state index contributed by atoms with van der Waals surface area (Å²) in [4.78, 5) is 26.6. The number of pyridine rings is 1. The van der Waals surface area contributed by atoms with Crippen LogP contribution in [0.2, 0.25) is 5.02 Å². The van der Waals surface area contributed by atoms with E-state index in [1.807, 2.05) is 12.1 Å². The van der Waals surface area contributed by atoms with E-state index in [9.17, 15) is 9.59 Å². The van der Waals surface area contributed by atoms with Crippen molar-refractivity contribution in [3.8, 4) is 0 Å². The third-order valence-electron chi connectivity index (χ3n) is 2.64. The van der Waals surface area contributed by atoms with Crippen molar-refractivity contribution in [2.75, 3.05) is 0 Å². The third kappa shape index (κ3) is 3.55. The van der Waals surface area contributed by atoms with Gasteiger partial charge in [0.05, 0.1) is 5.56 Å². The van der Waals surface area contributed by atoms with E-state index < -0.39 is 5.91 Å². The number of nitrogens with two attached hydrogens (primary N) is 1. The monoisotopic (exact) mass is 289 g/mol. The zero-order valence-corrected chi connectivity index (χ0v) is 11.2. The van der Waals surface area contributed by atoms with Crippen molar-refractivity contribution in [2.45, 2.75) is 6.54 Å². The minimum atomic E-state index is -0.627. The largest absolute Gasteiger partial charge is 0.364 e. The molecule has 2 rings (SSSR count). The molecule has 2 aromatic rings. The number of hydrogen-bond donors (Lipinski definition) is 2. The molecule has 102 valence electrons. The zero-order chi connectivity index (χ0) is 14.5. The van der Waals surface area contributed by atoms with Gasteiger partial charge in [0.25, 0.3) is 11.8 Å². The molecule has 0 unspecified atom stereocenters. The summed E-state index contributed by atoms with van der Waals surface area (Å²) in [6.07, 6.45) is 1.32. The normalized spacial score (nSPS) is 10.1. The van der Waals surface area contributed by atoms with Gasteiger partial charge in [0.2, 0.25) is 0 Å². The van der Waals surface area contributed by atoms with Crippen LogP contribution in [0, 0.1) is 0 Å². The fourth-order valence-electron chi connectivity index (χ4n) is 1.56. The molecule has 3 N–H and O–H groups in total. The molecule has 0 fully saturated rings. The fraction of sp³-hybridized carbons (Fsp3) is 0.0714. The van der Waals surface area contributed by atoms with Gasteiger partial charge in [-0.1, -0.05) is 23.7 Å². The number of nitrogens with one attached hydrogen (secondary N) is 1. The van der Waals surface area contributed by atoms with Crippen molar-refractivity contribution in [1.29, 1.82) is 0 Å². The Morgan fingerprint density at radius 2 is 1.85 bits per heavy atom. The maximum absolute atomic E-state index is 11.9. The maximum atomic E-state index is 11.9. The molecule has 0 atom stereocenters. The minimum Gasteiger partial charge on any atom is -0.364 e. The van der Waals surface area contributed by atoms with Crippen LogP contribution in [-0.2, 0) is 6.54 Å². The van der Waals surface area contributed by atoms with Gasteiger partial charge >= 0.3 is 0 Å². The molecular weight excluding hydrogens is 278 g/mol. The van der Waals surface area contributed by atoms with Crippen molar-refractivity contribution >= 4 is 23.4 Å². The van der Waals surface area contributed by atoms with Crippen LogP contribution in [0.1, 0.15) is 26.4 Å². The Morgan fingerprint density at radius 3 is 2.40 bits per heavy atom. The molecule has 0 saturated carbocycles. The number of hydrogen-bond acceptors (Lipinski definition) is 3. The standard InChI is InChI=1S/C14H12ClN3O2/c15-11-4-1-9(2-5-11)7-18-14(20)10-3-6-12(13(16)19)17-8-10/h1-6,8H,7H2,(H2,16,19)(H,18,20). The number of carbonyl (C=O) groups excluding carboxylic acids is 2. The van der Waals surface area contributed by atoms with Crippen LogP contribution in [0.25, 0.3) is 0 Å². The summed E-state index contributed by atoms with van der Waals surface area (Å²) >= 11 is 5.78. The zero-order valence-electron chi connectivity index (χ0n) is 10.5. The van der Waals surface area contributed by atoms with Crippen LogP contribution in [-0.4, -0.2) is 16.8 Å². The summed E-state index contributed by atoms with van der Waals surface area (Å²) < 4.78 is 0. The molecule has 1 aromatic carbocycles. The van der Waals surface area contributed by atoms with Gasteiger partial charge in [-0.25, -0.2) is 0 Å². The van der Waals surface area contributed by atoms with Gasteiger partial charge in [-0.2, -0.15) is 0 Å². The second kappa shape index (κ2) is 6.16. The first-order chi connectivity index (χ1) is 9.56.